The van der Waals surface area contributed by atoms with E-state index in [1.165, 1.54) is 31.2 Å². The fourth-order valence-corrected chi connectivity index (χ4v) is 3.00. The topological polar surface area (TPSA) is 21.3 Å². The van der Waals surface area contributed by atoms with E-state index in [1.54, 1.807) is 0 Å². The van der Waals surface area contributed by atoms with Crippen LogP contribution >= 0.6 is 0 Å². The summed E-state index contributed by atoms with van der Waals surface area (Å²) in [5.41, 5.74) is 1.79. The van der Waals surface area contributed by atoms with Crippen LogP contribution in [-0.4, -0.2) is 18.7 Å². The quantitative estimate of drug-likeness (QED) is 0.819. The number of hydrogen-bond donors (Lipinski definition) is 1. The van der Waals surface area contributed by atoms with E-state index < -0.39 is 0 Å². The van der Waals surface area contributed by atoms with Crippen LogP contribution in [0.2, 0.25) is 0 Å². The van der Waals surface area contributed by atoms with Crippen LogP contribution in [0.25, 0.3) is 0 Å². The van der Waals surface area contributed by atoms with Crippen molar-refractivity contribution in [1.29, 1.82) is 0 Å². The maximum atomic E-state index is 6.46. The molecule has 0 amide bonds. The number of hydrogen-bond acceptors (Lipinski definition) is 2. The summed E-state index contributed by atoms with van der Waals surface area (Å²) in [6, 6.07) is 11.1. The van der Waals surface area contributed by atoms with Gasteiger partial charge in [0.1, 0.15) is 0 Å². The molecule has 0 aromatic heterocycles. The van der Waals surface area contributed by atoms with Crippen molar-refractivity contribution in [2.24, 2.45) is 5.41 Å². The summed E-state index contributed by atoms with van der Waals surface area (Å²) in [7, 11) is 0. The SMILES string of the molecule is CC(C)NCC(OC1CCC(C)(C)CC1)c1ccccc1. The molecule has 0 spiro atoms. The molecular weight excluding hydrogens is 258 g/mol. The number of rotatable bonds is 6. The lowest BCUT2D eigenvalue weighted by Crippen LogP contribution is -2.33. The molecule has 0 radical (unpaired) electrons. The largest absolute Gasteiger partial charge is 0.369 e. The Balaban J connectivity index is 1.96. The molecule has 1 aromatic rings. The van der Waals surface area contributed by atoms with E-state index in [9.17, 15) is 0 Å². The third-order valence-electron chi connectivity index (χ3n) is 4.53. The Morgan fingerprint density at radius 2 is 1.76 bits per heavy atom. The van der Waals surface area contributed by atoms with E-state index in [2.05, 4.69) is 63.3 Å². The molecule has 21 heavy (non-hydrogen) atoms. The van der Waals surface area contributed by atoms with Gasteiger partial charge in [-0.3, -0.25) is 0 Å². The van der Waals surface area contributed by atoms with Crippen molar-refractivity contribution in [3.05, 3.63) is 35.9 Å². The Morgan fingerprint density at radius 3 is 2.33 bits per heavy atom. The first kappa shape index (κ1) is 16.5. The van der Waals surface area contributed by atoms with E-state index >= 15 is 0 Å². The summed E-state index contributed by atoms with van der Waals surface area (Å²) in [6.07, 6.45) is 5.51. The molecular formula is C19H31NO. The van der Waals surface area contributed by atoms with Crippen LogP contribution in [0.3, 0.4) is 0 Å². The third kappa shape index (κ3) is 5.44. The summed E-state index contributed by atoms with van der Waals surface area (Å²) >= 11 is 0. The van der Waals surface area contributed by atoms with Gasteiger partial charge in [-0.1, -0.05) is 58.0 Å². The first-order chi connectivity index (χ1) is 9.96. The second kappa shape index (κ2) is 7.42. The van der Waals surface area contributed by atoms with Crippen LogP contribution in [0.15, 0.2) is 30.3 Å². The lowest BCUT2D eigenvalue weighted by molar-refractivity contribution is -0.0466. The zero-order valence-corrected chi connectivity index (χ0v) is 14.1. The van der Waals surface area contributed by atoms with Crippen molar-refractivity contribution in [3.8, 4) is 0 Å². The van der Waals surface area contributed by atoms with Crippen LogP contribution in [0, 0.1) is 5.41 Å². The van der Waals surface area contributed by atoms with Gasteiger partial charge in [0.2, 0.25) is 0 Å². The second-order valence-electron chi connectivity index (χ2n) is 7.46. The molecule has 0 aliphatic heterocycles. The third-order valence-corrected chi connectivity index (χ3v) is 4.53. The van der Waals surface area contributed by atoms with Crippen molar-refractivity contribution < 1.29 is 4.74 Å². The van der Waals surface area contributed by atoms with Crippen molar-refractivity contribution in [2.75, 3.05) is 6.54 Å². The Labute approximate surface area is 130 Å². The molecule has 1 unspecified atom stereocenters. The van der Waals surface area contributed by atoms with Gasteiger partial charge in [0, 0.05) is 12.6 Å². The fourth-order valence-electron chi connectivity index (χ4n) is 3.00. The van der Waals surface area contributed by atoms with Crippen LogP contribution in [0.4, 0.5) is 0 Å². The minimum Gasteiger partial charge on any atom is -0.369 e. The number of nitrogens with one attached hydrogen (secondary N) is 1. The van der Waals surface area contributed by atoms with Gasteiger partial charge >= 0.3 is 0 Å². The lowest BCUT2D eigenvalue weighted by Gasteiger charge is -2.36. The molecule has 0 saturated heterocycles. The zero-order valence-electron chi connectivity index (χ0n) is 14.1. The minimum atomic E-state index is 0.166. The first-order valence-electron chi connectivity index (χ1n) is 8.40. The van der Waals surface area contributed by atoms with Crippen LogP contribution < -0.4 is 5.32 Å². The van der Waals surface area contributed by atoms with Crippen molar-refractivity contribution in [1.82, 2.24) is 5.32 Å². The monoisotopic (exact) mass is 289 g/mol. The molecule has 118 valence electrons. The molecule has 1 N–H and O–H groups in total. The highest BCUT2D eigenvalue weighted by Gasteiger charge is 2.29. The second-order valence-corrected chi connectivity index (χ2v) is 7.46. The van der Waals surface area contributed by atoms with E-state index in [4.69, 9.17) is 4.74 Å². The average molecular weight is 289 g/mol. The molecule has 0 bridgehead atoms. The minimum absolute atomic E-state index is 0.166. The number of ether oxygens (including phenoxy) is 1. The summed E-state index contributed by atoms with van der Waals surface area (Å²) in [6.45, 7) is 10.0. The molecule has 2 nitrogen and oxygen atoms in total. The zero-order chi connectivity index (χ0) is 15.3. The molecule has 1 fully saturated rings. The molecule has 2 rings (SSSR count). The van der Waals surface area contributed by atoms with E-state index in [0.717, 1.165) is 6.54 Å². The van der Waals surface area contributed by atoms with Crippen LogP contribution in [0.5, 0.6) is 0 Å². The maximum Gasteiger partial charge on any atom is 0.0953 e. The Morgan fingerprint density at radius 1 is 1.14 bits per heavy atom. The van der Waals surface area contributed by atoms with Gasteiger partial charge in [-0.2, -0.15) is 0 Å². The van der Waals surface area contributed by atoms with Crippen molar-refractivity contribution in [3.63, 3.8) is 0 Å². The molecule has 1 aromatic carbocycles. The standard InChI is InChI=1S/C19H31NO/c1-15(2)20-14-18(16-8-6-5-7-9-16)21-17-10-12-19(3,4)13-11-17/h5-9,15,17-18,20H,10-14H2,1-4H3. The van der Waals surface area contributed by atoms with Gasteiger partial charge in [-0.15, -0.1) is 0 Å². The van der Waals surface area contributed by atoms with Crippen molar-refractivity contribution >= 4 is 0 Å². The molecule has 2 heteroatoms. The predicted molar refractivity (Wildman–Crippen MR) is 89.4 cm³/mol. The first-order valence-corrected chi connectivity index (χ1v) is 8.40. The molecule has 1 aliphatic rings. The summed E-state index contributed by atoms with van der Waals surface area (Å²) in [5.74, 6) is 0. The normalized spacial score (nSPS) is 20.6. The summed E-state index contributed by atoms with van der Waals surface area (Å²) < 4.78 is 6.46. The average Bonchev–Trinajstić information content (AvgIpc) is 2.46. The van der Waals surface area contributed by atoms with E-state index in [0.29, 0.717) is 17.6 Å². The molecule has 1 aliphatic carbocycles. The van der Waals surface area contributed by atoms with Gasteiger partial charge in [0.15, 0.2) is 0 Å². The Hall–Kier alpha value is -0.860. The van der Waals surface area contributed by atoms with Gasteiger partial charge in [-0.25, -0.2) is 0 Å². The molecule has 0 heterocycles. The van der Waals surface area contributed by atoms with Gasteiger partial charge in [-0.05, 0) is 36.7 Å². The van der Waals surface area contributed by atoms with E-state index in [-0.39, 0.29) is 6.10 Å². The summed E-state index contributed by atoms with van der Waals surface area (Å²) in [5, 5.41) is 3.52. The van der Waals surface area contributed by atoms with Gasteiger partial charge in [0.25, 0.3) is 0 Å². The smallest absolute Gasteiger partial charge is 0.0953 e. The lowest BCUT2D eigenvalue weighted by atomic mass is 9.76. The highest BCUT2D eigenvalue weighted by atomic mass is 16.5. The highest BCUT2D eigenvalue weighted by Crippen LogP contribution is 2.37. The van der Waals surface area contributed by atoms with Gasteiger partial charge < -0.3 is 10.1 Å². The van der Waals surface area contributed by atoms with Crippen LogP contribution in [-0.2, 0) is 4.74 Å². The Kier molecular flexibility index (Phi) is 5.83. The maximum absolute atomic E-state index is 6.46. The Bertz CT molecular complexity index is 403. The summed E-state index contributed by atoms with van der Waals surface area (Å²) in [4.78, 5) is 0. The highest BCUT2D eigenvalue weighted by molar-refractivity contribution is 5.18. The molecule has 1 saturated carbocycles. The van der Waals surface area contributed by atoms with Crippen molar-refractivity contribution in [2.45, 2.75) is 71.6 Å². The number of benzene rings is 1. The molecule has 1 atom stereocenters. The van der Waals surface area contributed by atoms with Crippen LogP contribution in [0.1, 0.15) is 65.0 Å². The van der Waals surface area contributed by atoms with Gasteiger partial charge in [0.05, 0.1) is 12.2 Å². The predicted octanol–water partition coefficient (Wildman–Crippen LogP) is 4.71. The van der Waals surface area contributed by atoms with E-state index in [1.807, 2.05) is 0 Å². The fraction of sp³-hybridized carbons (Fsp3) is 0.684.